The van der Waals surface area contributed by atoms with Gasteiger partial charge in [-0.15, -0.1) is 0 Å². The minimum atomic E-state index is 0.374. The topological polar surface area (TPSA) is 21.3 Å². The number of fused-ring (bicyclic) bond motifs is 1. The minimum Gasteiger partial charge on any atom is -0.493 e. The number of hydrogen-bond donors (Lipinski definition) is 1. The molecule has 0 amide bonds. The number of para-hydroxylation sites is 1. The van der Waals surface area contributed by atoms with E-state index in [2.05, 4.69) is 50.4 Å². The van der Waals surface area contributed by atoms with Gasteiger partial charge in [-0.2, -0.15) is 0 Å². The summed E-state index contributed by atoms with van der Waals surface area (Å²) in [6, 6.07) is 8.76. The van der Waals surface area contributed by atoms with E-state index in [1.165, 1.54) is 11.1 Å². The van der Waals surface area contributed by atoms with Crippen molar-refractivity contribution in [2.75, 3.05) is 13.2 Å². The number of allylic oxidation sites excluding steroid dienone is 1. The van der Waals surface area contributed by atoms with Gasteiger partial charge < -0.3 is 10.1 Å². The molecule has 1 heterocycles. The molecule has 1 N–H and O–H groups in total. The Kier molecular flexibility index (Phi) is 4.43. The monoisotopic (exact) mass is 245 g/mol. The molecule has 2 nitrogen and oxygen atoms in total. The Morgan fingerprint density at radius 2 is 2.22 bits per heavy atom. The Hall–Kier alpha value is -1.28. The lowest BCUT2D eigenvalue weighted by Crippen LogP contribution is -2.34. The van der Waals surface area contributed by atoms with Crippen LogP contribution in [0.1, 0.15) is 38.7 Å². The molecular formula is C16H23NO. The smallest absolute Gasteiger partial charge is 0.122 e. The van der Waals surface area contributed by atoms with Crippen LogP contribution in [-0.4, -0.2) is 19.2 Å². The van der Waals surface area contributed by atoms with E-state index in [-0.39, 0.29) is 0 Å². The van der Waals surface area contributed by atoms with Crippen molar-refractivity contribution in [3.63, 3.8) is 0 Å². The lowest BCUT2D eigenvalue weighted by atomic mass is 9.92. The highest BCUT2D eigenvalue weighted by Crippen LogP contribution is 2.36. The van der Waals surface area contributed by atoms with Gasteiger partial charge in [0.2, 0.25) is 0 Å². The highest BCUT2D eigenvalue weighted by molar-refractivity contribution is 5.41. The molecule has 2 rings (SSSR count). The van der Waals surface area contributed by atoms with E-state index >= 15 is 0 Å². The van der Waals surface area contributed by atoms with Crippen LogP contribution in [0.5, 0.6) is 5.75 Å². The molecular weight excluding hydrogens is 222 g/mol. The summed E-state index contributed by atoms with van der Waals surface area (Å²) in [6.07, 6.45) is 3.48. The molecule has 0 saturated heterocycles. The van der Waals surface area contributed by atoms with E-state index in [9.17, 15) is 0 Å². The summed E-state index contributed by atoms with van der Waals surface area (Å²) in [4.78, 5) is 0. The van der Waals surface area contributed by atoms with Crippen molar-refractivity contribution in [2.24, 2.45) is 0 Å². The van der Waals surface area contributed by atoms with Crippen LogP contribution < -0.4 is 10.1 Å². The van der Waals surface area contributed by atoms with E-state index in [1.54, 1.807) is 0 Å². The average Bonchev–Trinajstić information content (AvgIpc) is 2.78. The number of nitrogens with one attached hydrogen (secondary N) is 1. The summed E-state index contributed by atoms with van der Waals surface area (Å²) < 4.78 is 5.78. The van der Waals surface area contributed by atoms with Gasteiger partial charge in [0.25, 0.3) is 0 Å². The first kappa shape index (κ1) is 13.2. The number of ether oxygens (including phenoxy) is 1. The fourth-order valence-electron chi connectivity index (χ4n) is 2.47. The second kappa shape index (κ2) is 6.05. The molecule has 0 fully saturated rings. The van der Waals surface area contributed by atoms with E-state index in [4.69, 9.17) is 4.74 Å². The molecule has 0 aliphatic carbocycles. The molecule has 0 radical (unpaired) electrons. The summed E-state index contributed by atoms with van der Waals surface area (Å²) in [6.45, 7) is 8.34. The zero-order valence-electron chi connectivity index (χ0n) is 11.6. The van der Waals surface area contributed by atoms with Crippen LogP contribution in [0.2, 0.25) is 0 Å². The van der Waals surface area contributed by atoms with Gasteiger partial charge in [0, 0.05) is 17.5 Å². The molecule has 2 unspecified atom stereocenters. The van der Waals surface area contributed by atoms with Crippen molar-refractivity contribution < 1.29 is 4.74 Å². The lowest BCUT2D eigenvalue weighted by Gasteiger charge is -2.21. The quantitative estimate of drug-likeness (QED) is 0.802. The molecule has 1 aromatic carbocycles. The molecule has 2 atom stereocenters. The van der Waals surface area contributed by atoms with Gasteiger partial charge in [-0.05, 0) is 32.9 Å². The van der Waals surface area contributed by atoms with Gasteiger partial charge in [0.05, 0.1) is 6.61 Å². The third-order valence-electron chi connectivity index (χ3n) is 3.31. The largest absolute Gasteiger partial charge is 0.493 e. The molecule has 0 bridgehead atoms. The molecule has 2 heteroatoms. The molecule has 0 spiro atoms. The van der Waals surface area contributed by atoms with Crippen molar-refractivity contribution in [1.29, 1.82) is 0 Å². The predicted molar refractivity (Wildman–Crippen MR) is 76.2 cm³/mol. The minimum absolute atomic E-state index is 0.374. The van der Waals surface area contributed by atoms with Gasteiger partial charge in [-0.3, -0.25) is 0 Å². The Morgan fingerprint density at radius 3 is 2.94 bits per heavy atom. The van der Waals surface area contributed by atoms with Crippen LogP contribution in [0, 0.1) is 0 Å². The summed E-state index contributed by atoms with van der Waals surface area (Å²) >= 11 is 0. The number of rotatable bonds is 5. The summed E-state index contributed by atoms with van der Waals surface area (Å²) in [5.74, 6) is 1.48. The summed E-state index contributed by atoms with van der Waals surface area (Å²) in [5, 5.41) is 3.63. The zero-order chi connectivity index (χ0) is 13.0. The van der Waals surface area contributed by atoms with Gasteiger partial charge in [-0.25, -0.2) is 0 Å². The average molecular weight is 245 g/mol. The first-order valence-corrected chi connectivity index (χ1v) is 6.82. The van der Waals surface area contributed by atoms with E-state index in [0.717, 1.165) is 25.3 Å². The molecule has 1 aliphatic heterocycles. The molecule has 98 valence electrons. The van der Waals surface area contributed by atoms with Crippen molar-refractivity contribution in [3.05, 3.63) is 41.5 Å². The number of benzene rings is 1. The maximum Gasteiger partial charge on any atom is 0.122 e. The molecule has 1 aliphatic rings. The summed E-state index contributed by atoms with van der Waals surface area (Å²) in [5.41, 5.74) is 2.69. The second-order valence-electron chi connectivity index (χ2n) is 5.18. The third-order valence-corrected chi connectivity index (χ3v) is 3.31. The van der Waals surface area contributed by atoms with Crippen LogP contribution in [-0.2, 0) is 0 Å². The van der Waals surface area contributed by atoms with Gasteiger partial charge in [-0.1, -0.05) is 36.8 Å². The fourth-order valence-corrected chi connectivity index (χ4v) is 2.47. The predicted octanol–water partition coefficient (Wildman–Crippen LogP) is 3.50. The Balaban J connectivity index is 2.19. The van der Waals surface area contributed by atoms with Crippen LogP contribution in [0.15, 0.2) is 35.9 Å². The van der Waals surface area contributed by atoms with Crippen molar-refractivity contribution in [3.8, 4) is 5.75 Å². The van der Waals surface area contributed by atoms with Gasteiger partial charge >= 0.3 is 0 Å². The normalized spacial score (nSPS) is 18.9. The Labute approximate surface area is 110 Å². The maximum absolute atomic E-state index is 5.78. The standard InChI is InChI=1S/C16H23NO/c1-4-9-17-15(10-12(2)3)14-11-18-16-8-6-5-7-13(14)16/h5-8,10,14-15,17H,4,9,11H2,1-3H3. The fraction of sp³-hybridized carbons (Fsp3) is 0.500. The Morgan fingerprint density at radius 1 is 1.44 bits per heavy atom. The molecule has 0 aromatic heterocycles. The van der Waals surface area contributed by atoms with Crippen molar-refractivity contribution in [2.45, 2.75) is 39.2 Å². The van der Waals surface area contributed by atoms with Crippen LogP contribution >= 0.6 is 0 Å². The molecule has 0 saturated carbocycles. The molecule has 18 heavy (non-hydrogen) atoms. The second-order valence-corrected chi connectivity index (χ2v) is 5.18. The van der Waals surface area contributed by atoms with Crippen molar-refractivity contribution in [1.82, 2.24) is 5.32 Å². The van der Waals surface area contributed by atoms with Crippen molar-refractivity contribution >= 4 is 0 Å². The maximum atomic E-state index is 5.78. The van der Waals surface area contributed by atoms with Gasteiger partial charge in [0.1, 0.15) is 5.75 Å². The first-order chi connectivity index (χ1) is 8.72. The van der Waals surface area contributed by atoms with Crippen LogP contribution in [0.4, 0.5) is 0 Å². The summed E-state index contributed by atoms with van der Waals surface area (Å²) in [7, 11) is 0. The van der Waals surface area contributed by atoms with E-state index < -0.39 is 0 Å². The highest BCUT2D eigenvalue weighted by Gasteiger charge is 2.29. The van der Waals surface area contributed by atoms with Gasteiger partial charge in [0.15, 0.2) is 0 Å². The highest BCUT2D eigenvalue weighted by atomic mass is 16.5. The SMILES string of the molecule is CCCNC(C=C(C)C)C1COc2ccccc21. The zero-order valence-corrected chi connectivity index (χ0v) is 11.6. The van der Waals surface area contributed by atoms with E-state index in [0.29, 0.717) is 12.0 Å². The lowest BCUT2D eigenvalue weighted by molar-refractivity contribution is 0.312. The number of hydrogen-bond acceptors (Lipinski definition) is 2. The molecule has 1 aromatic rings. The van der Waals surface area contributed by atoms with E-state index in [1.807, 2.05) is 6.07 Å². The Bertz CT molecular complexity index is 421. The van der Waals surface area contributed by atoms with Crippen LogP contribution in [0.25, 0.3) is 0 Å². The first-order valence-electron chi connectivity index (χ1n) is 6.82. The van der Waals surface area contributed by atoms with Crippen LogP contribution in [0.3, 0.4) is 0 Å². The third kappa shape index (κ3) is 2.94.